The maximum absolute atomic E-state index is 12.7. The number of benzene rings is 3. The summed E-state index contributed by atoms with van der Waals surface area (Å²) in [6, 6.07) is 19.5. The summed E-state index contributed by atoms with van der Waals surface area (Å²) in [5.41, 5.74) is 1.000. The first-order valence-electron chi connectivity index (χ1n) is 10.3. The van der Waals surface area contributed by atoms with Crippen molar-refractivity contribution in [3.05, 3.63) is 109 Å². The Bertz CT molecular complexity index is 1390. The van der Waals surface area contributed by atoms with E-state index in [-0.39, 0.29) is 29.5 Å². The molecule has 1 heterocycles. The topological polar surface area (TPSA) is 104 Å². The molecule has 0 fully saturated rings. The Labute approximate surface area is 213 Å². The Kier molecular flexibility index (Phi) is 7.38. The van der Waals surface area contributed by atoms with E-state index in [4.69, 9.17) is 25.5 Å². The van der Waals surface area contributed by atoms with Crippen LogP contribution in [0.5, 0.6) is 17.2 Å². The van der Waals surface area contributed by atoms with Gasteiger partial charge in [-0.25, -0.2) is 0 Å². The van der Waals surface area contributed by atoms with Crippen molar-refractivity contribution in [1.29, 1.82) is 0 Å². The van der Waals surface area contributed by atoms with Gasteiger partial charge in [0.25, 0.3) is 11.6 Å². The summed E-state index contributed by atoms with van der Waals surface area (Å²) in [5.74, 6) is 1.01. The molecule has 178 valence electrons. The molecule has 0 bridgehead atoms. The number of ether oxygens (including phenoxy) is 2. The number of halogens is 2. The lowest BCUT2D eigenvalue weighted by Gasteiger charge is -2.09. The van der Waals surface area contributed by atoms with E-state index < -0.39 is 10.8 Å². The van der Waals surface area contributed by atoms with Crippen LogP contribution in [0.3, 0.4) is 0 Å². The van der Waals surface area contributed by atoms with Crippen LogP contribution in [0.1, 0.15) is 21.9 Å². The van der Waals surface area contributed by atoms with Gasteiger partial charge in [0, 0.05) is 16.6 Å². The molecule has 0 aliphatic heterocycles. The summed E-state index contributed by atoms with van der Waals surface area (Å²) in [6.45, 7) is 1.99. The summed E-state index contributed by atoms with van der Waals surface area (Å²) >= 11 is 9.47. The number of nitro benzene ring substituents is 1. The predicted molar refractivity (Wildman–Crippen MR) is 134 cm³/mol. The molecule has 8 nitrogen and oxygen atoms in total. The van der Waals surface area contributed by atoms with Crippen LogP contribution < -0.4 is 14.8 Å². The lowest BCUT2D eigenvalue weighted by Crippen LogP contribution is -2.11. The van der Waals surface area contributed by atoms with E-state index in [2.05, 4.69) is 21.2 Å². The minimum Gasteiger partial charge on any atom is -0.484 e. The molecule has 10 heteroatoms. The third kappa shape index (κ3) is 6.40. The van der Waals surface area contributed by atoms with Gasteiger partial charge in [0.1, 0.15) is 29.6 Å². The highest BCUT2D eigenvalue weighted by molar-refractivity contribution is 9.10. The highest BCUT2D eigenvalue weighted by Gasteiger charge is 2.16. The number of non-ortho nitro benzene ring substituents is 1. The van der Waals surface area contributed by atoms with Gasteiger partial charge in [-0.2, -0.15) is 0 Å². The maximum Gasteiger partial charge on any atom is 0.291 e. The maximum atomic E-state index is 12.7. The van der Waals surface area contributed by atoms with Gasteiger partial charge in [0.2, 0.25) is 0 Å². The Hall–Kier alpha value is -3.82. The standard InChI is InChI=1S/C25H18BrClN2O6/c1-15-2-5-19(6-3-15)34-21-12-17(11-18(13-21)29(31)32)28-25(30)24-9-7-20(35-24)14-33-23-8-4-16(26)10-22(23)27/h2-13H,14H2,1H3,(H,28,30). The van der Waals surface area contributed by atoms with Gasteiger partial charge in [-0.1, -0.05) is 45.2 Å². The smallest absolute Gasteiger partial charge is 0.291 e. The monoisotopic (exact) mass is 556 g/mol. The van der Waals surface area contributed by atoms with E-state index in [1.54, 1.807) is 36.4 Å². The van der Waals surface area contributed by atoms with Crippen molar-refractivity contribution in [2.24, 2.45) is 0 Å². The first-order chi connectivity index (χ1) is 16.8. The van der Waals surface area contributed by atoms with Crippen LogP contribution in [0.25, 0.3) is 0 Å². The van der Waals surface area contributed by atoms with Crippen LogP contribution in [-0.2, 0) is 6.61 Å². The number of hydrogen-bond acceptors (Lipinski definition) is 6. The number of nitrogens with zero attached hydrogens (tertiary/aromatic N) is 1. The average Bonchev–Trinajstić information content (AvgIpc) is 3.29. The second-order valence-electron chi connectivity index (χ2n) is 7.47. The number of hydrogen-bond donors (Lipinski definition) is 1. The number of rotatable bonds is 8. The largest absolute Gasteiger partial charge is 0.484 e. The first kappa shape index (κ1) is 24.3. The predicted octanol–water partition coefficient (Wildman–Crippen LogP) is 7.54. The molecule has 3 aromatic carbocycles. The van der Waals surface area contributed by atoms with Crippen LogP contribution in [-0.4, -0.2) is 10.8 Å². The molecule has 0 unspecified atom stereocenters. The van der Waals surface area contributed by atoms with Gasteiger partial charge in [-0.05, 0) is 49.4 Å². The van der Waals surface area contributed by atoms with Crippen molar-refractivity contribution >= 4 is 44.8 Å². The Morgan fingerprint density at radius 1 is 1.06 bits per heavy atom. The molecule has 0 aliphatic carbocycles. The zero-order chi connectivity index (χ0) is 24.9. The molecule has 1 amide bonds. The number of nitro groups is 1. The Morgan fingerprint density at radius 3 is 2.54 bits per heavy atom. The highest BCUT2D eigenvalue weighted by atomic mass is 79.9. The average molecular weight is 558 g/mol. The fourth-order valence-corrected chi connectivity index (χ4v) is 3.80. The van der Waals surface area contributed by atoms with E-state index in [1.165, 1.54) is 24.3 Å². The molecule has 0 aliphatic rings. The summed E-state index contributed by atoms with van der Waals surface area (Å²) in [6.07, 6.45) is 0. The molecule has 0 saturated heterocycles. The fourth-order valence-electron chi connectivity index (χ4n) is 3.07. The quantitative estimate of drug-likeness (QED) is 0.177. The molecular weight excluding hydrogens is 540 g/mol. The summed E-state index contributed by atoms with van der Waals surface area (Å²) < 4.78 is 17.8. The summed E-state index contributed by atoms with van der Waals surface area (Å²) in [4.78, 5) is 23.5. The lowest BCUT2D eigenvalue weighted by atomic mass is 10.2. The number of furan rings is 1. The molecule has 0 radical (unpaired) electrons. The Balaban J connectivity index is 1.46. The molecule has 4 aromatic rings. The third-order valence-corrected chi connectivity index (χ3v) is 5.55. The van der Waals surface area contributed by atoms with Crippen molar-refractivity contribution in [1.82, 2.24) is 0 Å². The van der Waals surface area contributed by atoms with E-state index >= 15 is 0 Å². The molecule has 0 saturated carbocycles. The molecule has 1 aromatic heterocycles. The molecular formula is C25H18BrClN2O6. The summed E-state index contributed by atoms with van der Waals surface area (Å²) in [5, 5.41) is 14.4. The SMILES string of the molecule is Cc1ccc(Oc2cc(NC(=O)c3ccc(COc4ccc(Br)cc4Cl)o3)cc([N+](=O)[O-])c2)cc1. The van der Waals surface area contributed by atoms with Crippen molar-refractivity contribution in [3.63, 3.8) is 0 Å². The van der Waals surface area contributed by atoms with Gasteiger partial charge in [0.05, 0.1) is 21.7 Å². The number of carbonyl (C=O) groups is 1. The van der Waals surface area contributed by atoms with Gasteiger partial charge >= 0.3 is 0 Å². The molecule has 1 N–H and O–H groups in total. The first-order valence-corrected chi connectivity index (χ1v) is 11.5. The van der Waals surface area contributed by atoms with Crippen LogP contribution in [0.2, 0.25) is 5.02 Å². The molecule has 0 atom stereocenters. The van der Waals surface area contributed by atoms with Crippen molar-refractivity contribution in [2.75, 3.05) is 5.32 Å². The third-order valence-electron chi connectivity index (χ3n) is 4.77. The normalized spacial score (nSPS) is 10.6. The van der Waals surface area contributed by atoms with Crippen LogP contribution >= 0.6 is 27.5 Å². The van der Waals surface area contributed by atoms with E-state index in [1.807, 2.05) is 19.1 Å². The van der Waals surface area contributed by atoms with Crippen molar-refractivity contribution in [3.8, 4) is 17.2 Å². The van der Waals surface area contributed by atoms with Crippen LogP contribution in [0.4, 0.5) is 11.4 Å². The van der Waals surface area contributed by atoms with Crippen molar-refractivity contribution < 1.29 is 23.6 Å². The fraction of sp³-hybridized carbons (Fsp3) is 0.0800. The van der Waals surface area contributed by atoms with Crippen LogP contribution in [0.15, 0.2) is 81.7 Å². The molecule has 4 rings (SSSR count). The van der Waals surface area contributed by atoms with E-state index in [0.717, 1.165) is 10.0 Å². The number of carbonyl (C=O) groups excluding carboxylic acids is 1. The van der Waals surface area contributed by atoms with Crippen molar-refractivity contribution in [2.45, 2.75) is 13.5 Å². The number of amides is 1. The van der Waals surface area contributed by atoms with E-state index in [9.17, 15) is 14.9 Å². The number of aryl methyl sites for hydroxylation is 1. The van der Waals surface area contributed by atoms with Gasteiger partial charge in [-0.15, -0.1) is 0 Å². The summed E-state index contributed by atoms with van der Waals surface area (Å²) in [7, 11) is 0. The number of nitrogens with one attached hydrogen (secondary N) is 1. The zero-order valence-corrected chi connectivity index (χ0v) is 20.6. The minimum atomic E-state index is -0.584. The minimum absolute atomic E-state index is 0.0120. The lowest BCUT2D eigenvalue weighted by molar-refractivity contribution is -0.384. The second-order valence-corrected chi connectivity index (χ2v) is 8.79. The molecule has 0 spiro atoms. The van der Waals surface area contributed by atoms with Gasteiger partial charge < -0.3 is 19.2 Å². The van der Waals surface area contributed by atoms with Gasteiger partial charge in [-0.3, -0.25) is 14.9 Å². The van der Waals surface area contributed by atoms with Crippen LogP contribution in [0, 0.1) is 17.0 Å². The second kappa shape index (κ2) is 10.6. The highest BCUT2D eigenvalue weighted by Crippen LogP contribution is 2.31. The number of anilines is 1. The molecule has 35 heavy (non-hydrogen) atoms. The zero-order valence-electron chi connectivity index (χ0n) is 18.3. The Morgan fingerprint density at radius 2 is 1.83 bits per heavy atom. The van der Waals surface area contributed by atoms with Gasteiger partial charge in [0.15, 0.2) is 5.76 Å². The van der Waals surface area contributed by atoms with E-state index in [0.29, 0.717) is 22.3 Å².